The third-order valence-corrected chi connectivity index (χ3v) is 6.69. The molecule has 1 unspecified atom stereocenters. The van der Waals surface area contributed by atoms with Gasteiger partial charge >= 0.3 is 0 Å². The van der Waals surface area contributed by atoms with Crippen LogP contribution < -0.4 is 10.0 Å². The van der Waals surface area contributed by atoms with Crippen molar-refractivity contribution in [3.8, 4) is 0 Å². The third-order valence-electron chi connectivity index (χ3n) is 3.12. The summed E-state index contributed by atoms with van der Waals surface area (Å²) in [5, 5.41) is 6.32. The number of hydrogen-bond acceptors (Lipinski definition) is 6. The molecule has 122 valence electrons. The fourth-order valence-electron chi connectivity index (χ4n) is 1.97. The van der Waals surface area contributed by atoms with Crippen LogP contribution in [0.2, 0.25) is 0 Å². The average Bonchev–Trinajstić information content (AvgIpc) is 3.20. The van der Waals surface area contributed by atoms with Gasteiger partial charge in [0, 0.05) is 17.8 Å². The van der Waals surface area contributed by atoms with Crippen molar-refractivity contribution in [2.75, 3.05) is 6.54 Å². The number of carbonyl (C=O) groups is 1. The van der Waals surface area contributed by atoms with Gasteiger partial charge in [-0.15, -0.1) is 22.7 Å². The smallest absolute Gasteiger partial charge is 0.250 e. The third kappa shape index (κ3) is 3.61. The van der Waals surface area contributed by atoms with Gasteiger partial charge in [-0.2, -0.15) is 0 Å². The van der Waals surface area contributed by atoms with E-state index in [9.17, 15) is 13.2 Å². The lowest BCUT2D eigenvalue weighted by atomic mass is 10.2. The zero-order valence-corrected chi connectivity index (χ0v) is 14.5. The lowest BCUT2D eigenvalue weighted by Gasteiger charge is -2.11. The molecule has 23 heavy (non-hydrogen) atoms. The number of imidazole rings is 1. The first-order valence-corrected chi connectivity index (χ1v) is 9.94. The fraction of sp³-hybridized carbons (Fsp3) is 0.231. The minimum Gasteiger partial charge on any atom is -0.347 e. The summed E-state index contributed by atoms with van der Waals surface area (Å²) >= 11 is 2.61. The summed E-state index contributed by atoms with van der Waals surface area (Å²) in [5.74, 6) is -0.408. The molecule has 1 atom stereocenters. The quantitative estimate of drug-likeness (QED) is 0.689. The number of nitrogens with zero attached hydrogens (tertiary/aromatic N) is 2. The first-order valence-electron chi connectivity index (χ1n) is 6.70. The predicted octanol–water partition coefficient (Wildman–Crippen LogP) is 1.61. The Balaban J connectivity index is 1.58. The minimum absolute atomic E-state index is 0.188. The molecule has 1 amide bonds. The highest BCUT2D eigenvalue weighted by Gasteiger charge is 2.18. The number of rotatable bonds is 6. The fourth-order valence-corrected chi connectivity index (χ4v) is 4.70. The summed E-state index contributed by atoms with van der Waals surface area (Å²) in [7, 11) is -3.63. The van der Waals surface area contributed by atoms with E-state index in [0.717, 1.165) is 22.0 Å². The Hall–Kier alpha value is -1.75. The lowest BCUT2D eigenvalue weighted by Crippen LogP contribution is -2.37. The lowest BCUT2D eigenvalue weighted by molar-refractivity contribution is -0.120. The van der Waals surface area contributed by atoms with Crippen molar-refractivity contribution in [2.24, 2.45) is 0 Å². The summed E-state index contributed by atoms with van der Waals surface area (Å²) < 4.78 is 28.2. The molecule has 0 saturated carbocycles. The molecule has 0 fully saturated rings. The van der Waals surface area contributed by atoms with Gasteiger partial charge < -0.3 is 5.32 Å². The highest BCUT2D eigenvalue weighted by molar-refractivity contribution is 7.91. The number of aromatic nitrogens is 2. The van der Waals surface area contributed by atoms with Crippen LogP contribution in [0.15, 0.2) is 39.5 Å². The number of fused-ring (bicyclic) bond motifs is 1. The van der Waals surface area contributed by atoms with Gasteiger partial charge in [0.05, 0.1) is 18.3 Å². The van der Waals surface area contributed by atoms with Crippen LogP contribution in [0, 0.1) is 0 Å². The zero-order valence-electron chi connectivity index (χ0n) is 12.1. The summed E-state index contributed by atoms with van der Waals surface area (Å²) in [6, 6.07) is 2.83. The van der Waals surface area contributed by atoms with Crippen LogP contribution >= 0.6 is 22.7 Å². The Morgan fingerprint density at radius 3 is 2.91 bits per heavy atom. The number of amides is 1. The second-order valence-corrected chi connectivity index (χ2v) is 8.62. The molecule has 3 aromatic rings. The van der Waals surface area contributed by atoms with E-state index in [1.165, 1.54) is 17.4 Å². The van der Waals surface area contributed by atoms with E-state index < -0.39 is 15.9 Å². The summed E-state index contributed by atoms with van der Waals surface area (Å²) in [6.07, 6.45) is 3.73. The van der Waals surface area contributed by atoms with E-state index in [-0.39, 0.29) is 16.8 Å². The van der Waals surface area contributed by atoms with E-state index in [1.807, 2.05) is 22.2 Å². The topological polar surface area (TPSA) is 92.6 Å². The highest BCUT2D eigenvalue weighted by Crippen LogP contribution is 2.17. The monoisotopic (exact) mass is 370 g/mol. The number of sulfonamides is 1. The van der Waals surface area contributed by atoms with Crippen molar-refractivity contribution in [1.29, 1.82) is 0 Å². The Morgan fingerprint density at radius 2 is 2.22 bits per heavy atom. The molecule has 3 heterocycles. The molecule has 0 aromatic carbocycles. The molecule has 3 aromatic heterocycles. The summed E-state index contributed by atoms with van der Waals surface area (Å²) in [4.78, 5) is 17.2. The minimum atomic E-state index is -3.63. The van der Waals surface area contributed by atoms with Crippen LogP contribution in [0.1, 0.15) is 18.7 Å². The molecular formula is C13H14N4O3S3. The summed E-state index contributed by atoms with van der Waals surface area (Å²) in [5.41, 5.74) is 0.728. The molecule has 0 aliphatic heterocycles. The van der Waals surface area contributed by atoms with Crippen molar-refractivity contribution < 1.29 is 13.2 Å². The van der Waals surface area contributed by atoms with E-state index in [2.05, 4.69) is 15.0 Å². The SMILES string of the molecule is CC(NC(=O)CNS(=O)(=O)c1cccs1)c1cn2ccsc2n1. The predicted molar refractivity (Wildman–Crippen MR) is 89.1 cm³/mol. The number of thiophene rings is 1. The van der Waals surface area contributed by atoms with Gasteiger partial charge in [0.15, 0.2) is 4.96 Å². The van der Waals surface area contributed by atoms with Gasteiger partial charge in [-0.3, -0.25) is 9.20 Å². The number of thiazole rings is 1. The second-order valence-electron chi connectivity index (χ2n) is 4.80. The van der Waals surface area contributed by atoms with Gasteiger partial charge in [-0.05, 0) is 18.4 Å². The Labute approximate surface area is 141 Å². The van der Waals surface area contributed by atoms with E-state index in [0.29, 0.717) is 0 Å². The highest BCUT2D eigenvalue weighted by atomic mass is 32.2. The van der Waals surface area contributed by atoms with E-state index >= 15 is 0 Å². The molecule has 0 radical (unpaired) electrons. The molecule has 0 spiro atoms. The Morgan fingerprint density at radius 1 is 1.39 bits per heavy atom. The maximum atomic E-state index is 11.9. The molecule has 2 N–H and O–H groups in total. The number of nitrogens with one attached hydrogen (secondary N) is 2. The Kier molecular flexibility index (Phi) is 4.48. The van der Waals surface area contributed by atoms with Crippen molar-refractivity contribution in [1.82, 2.24) is 19.4 Å². The van der Waals surface area contributed by atoms with Gasteiger partial charge in [0.1, 0.15) is 4.21 Å². The molecule has 0 aliphatic carbocycles. The molecule has 0 aliphatic rings. The van der Waals surface area contributed by atoms with Crippen LogP contribution in [0.5, 0.6) is 0 Å². The zero-order chi connectivity index (χ0) is 16.4. The maximum Gasteiger partial charge on any atom is 0.250 e. The van der Waals surface area contributed by atoms with Crippen LogP contribution in [0.3, 0.4) is 0 Å². The van der Waals surface area contributed by atoms with E-state index in [4.69, 9.17) is 0 Å². The first-order chi connectivity index (χ1) is 11.0. The van der Waals surface area contributed by atoms with Crippen molar-refractivity contribution in [3.63, 3.8) is 0 Å². The van der Waals surface area contributed by atoms with Gasteiger partial charge in [-0.1, -0.05) is 6.07 Å². The Bertz CT molecular complexity index is 883. The normalized spacial score (nSPS) is 13.3. The molecule has 3 rings (SSSR count). The van der Waals surface area contributed by atoms with Crippen LogP contribution in [-0.2, 0) is 14.8 Å². The number of carbonyl (C=O) groups excluding carboxylic acids is 1. The van der Waals surface area contributed by atoms with Crippen LogP contribution in [-0.4, -0.2) is 30.3 Å². The van der Waals surface area contributed by atoms with Gasteiger partial charge in [-0.25, -0.2) is 18.1 Å². The maximum absolute atomic E-state index is 11.9. The molecule has 7 nitrogen and oxygen atoms in total. The molecule has 10 heteroatoms. The van der Waals surface area contributed by atoms with Gasteiger partial charge in [0.25, 0.3) is 10.0 Å². The second kappa shape index (κ2) is 6.40. The number of hydrogen-bond donors (Lipinski definition) is 2. The van der Waals surface area contributed by atoms with E-state index in [1.54, 1.807) is 18.4 Å². The largest absolute Gasteiger partial charge is 0.347 e. The van der Waals surface area contributed by atoms with Crippen LogP contribution in [0.25, 0.3) is 4.96 Å². The first kappa shape index (κ1) is 16.1. The molecular weight excluding hydrogens is 356 g/mol. The van der Waals surface area contributed by atoms with Crippen molar-refractivity contribution in [2.45, 2.75) is 17.2 Å². The standard InChI is InChI=1S/C13H14N4O3S3/c1-9(10-8-17-4-6-22-13(17)16-10)15-11(18)7-14-23(19,20)12-3-2-5-21-12/h2-6,8-9,14H,7H2,1H3,(H,15,18). The molecule has 0 saturated heterocycles. The summed E-state index contributed by atoms with van der Waals surface area (Å²) in [6.45, 7) is 1.49. The van der Waals surface area contributed by atoms with Crippen molar-refractivity contribution >= 4 is 43.6 Å². The average molecular weight is 370 g/mol. The van der Waals surface area contributed by atoms with Gasteiger partial charge in [0.2, 0.25) is 5.91 Å². The molecule has 0 bridgehead atoms. The van der Waals surface area contributed by atoms with Crippen LogP contribution in [0.4, 0.5) is 0 Å². The van der Waals surface area contributed by atoms with Crippen molar-refractivity contribution in [3.05, 3.63) is 41.0 Å².